The Morgan fingerprint density at radius 1 is 1.32 bits per heavy atom. The maximum atomic E-state index is 12.6. The molecule has 1 N–H and O–H groups in total. The maximum absolute atomic E-state index is 12.6. The van der Waals surface area contributed by atoms with Gasteiger partial charge in [0, 0.05) is 6.54 Å². The number of amides is 1. The van der Waals surface area contributed by atoms with Crippen molar-refractivity contribution in [1.82, 2.24) is 10.2 Å². The quantitative estimate of drug-likeness (QED) is 0.865. The van der Waals surface area contributed by atoms with E-state index in [1.807, 2.05) is 31.7 Å². The number of hydrogen-bond donors (Lipinski definition) is 1. The molecule has 0 aromatic heterocycles. The third kappa shape index (κ3) is 2.72. The average molecular weight is 302 g/mol. The van der Waals surface area contributed by atoms with E-state index < -0.39 is 5.60 Å². The van der Waals surface area contributed by atoms with Crippen LogP contribution in [0.25, 0.3) is 0 Å². The van der Waals surface area contributed by atoms with Gasteiger partial charge in [0.25, 0.3) is 0 Å². The zero-order valence-electron chi connectivity index (χ0n) is 13.8. The van der Waals surface area contributed by atoms with E-state index in [0.29, 0.717) is 0 Å². The largest absolute Gasteiger partial charge is 0.444 e. The molecule has 0 aliphatic carbocycles. The fraction of sp³-hybridized carbons (Fsp3) is 0.611. The summed E-state index contributed by atoms with van der Waals surface area (Å²) in [4.78, 5) is 14.5. The van der Waals surface area contributed by atoms with Crippen molar-refractivity contribution >= 4 is 6.09 Å². The summed E-state index contributed by atoms with van der Waals surface area (Å²) >= 11 is 0. The Labute approximate surface area is 132 Å². The molecule has 4 nitrogen and oxygen atoms in total. The van der Waals surface area contributed by atoms with E-state index in [1.165, 1.54) is 5.56 Å². The van der Waals surface area contributed by atoms with E-state index in [0.717, 1.165) is 32.4 Å². The smallest absolute Gasteiger partial charge is 0.410 e. The Hall–Kier alpha value is -1.55. The summed E-state index contributed by atoms with van der Waals surface area (Å²) in [5.74, 6) is 0. The van der Waals surface area contributed by atoms with Crippen LogP contribution in [0.15, 0.2) is 30.3 Å². The molecule has 1 aromatic carbocycles. The number of hydrogen-bond acceptors (Lipinski definition) is 3. The van der Waals surface area contributed by atoms with E-state index in [2.05, 4.69) is 29.6 Å². The van der Waals surface area contributed by atoms with Crippen molar-refractivity contribution in [2.45, 2.75) is 57.2 Å². The molecular formula is C18H26N2O2. The lowest BCUT2D eigenvalue weighted by Gasteiger charge is -2.43. The molecular weight excluding hydrogens is 276 g/mol. The van der Waals surface area contributed by atoms with Crippen LogP contribution in [0.4, 0.5) is 4.79 Å². The van der Waals surface area contributed by atoms with Gasteiger partial charge in [-0.25, -0.2) is 4.79 Å². The van der Waals surface area contributed by atoms with E-state index in [4.69, 9.17) is 4.74 Å². The van der Waals surface area contributed by atoms with Crippen molar-refractivity contribution in [3.63, 3.8) is 0 Å². The Balaban J connectivity index is 1.87. The summed E-state index contributed by atoms with van der Waals surface area (Å²) in [6, 6.07) is 10.7. The number of carbonyl (C=O) groups is 1. The van der Waals surface area contributed by atoms with Crippen LogP contribution in [-0.4, -0.2) is 35.7 Å². The first kappa shape index (κ1) is 15.3. The molecule has 0 bridgehead atoms. The first-order valence-electron chi connectivity index (χ1n) is 8.23. The highest BCUT2D eigenvalue weighted by Crippen LogP contribution is 2.42. The van der Waals surface area contributed by atoms with Crippen LogP contribution >= 0.6 is 0 Å². The summed E-state index contributed by atoms with van der Waals surface area (Å²) in [7, 11) is 0. The maximum Gasteiger partial charge on any atom is 0.410 e. The second-order valence-electron chi connectivity index (χ2n) is 7.35. The molecule has 2 unspecified atom stereocenters. The van der Waals surface area contributed by atoms with Crippen molar-refractivity contribution in [3.8, 4) is 0 Å². The molecule has 0 spiro atoms. The Bertz CT molecular complexity index is 538. The lowest BCUT2D eigenvalue weighted by Crippen LogP contribution is -2.57. The van der Waals surface area contributed by atoms with Crippen molar-refractivity contribution < 1.29 is 9.53 Å². The summed E-state index contributed by atoms with van der Waals surface area (Å²) < 4.78 is 5.61. The summed E-state index contributed by atoms with van der Waals surface area (Å²) in [5.41, 5.74) is 0.721. The predicted octanol–water partition coefficient (Wildman–Crippen LogP) is 3.27. The van der Waals surface area contributed by atoms with E-state index in [-0.39, 0.29) is 17.7 Å². The van der Waals surface area contributed by atoms with Gasteiger partial charge in [-0.3, -0.25) is 0 Å². The SMILES string of the molecule is CC(C)(C)OC(=O)N1CCC2(c3ccccc3)NCCCC12. The fourth-order valence-corrected chi connectivity index (χ4v) is 3.81. The van der Waals surface area contributed by atoms with Gasteiger partial charge >= 0.3 is 6.09 Å². The zero-order chi connectivity index (χ0) is 15.8. The first-order valence-corrected chi connectivity index (χ1v) is 8.23. The molecule has 2 saturated heterocycles. The van der Waals surface area contributed by atoms with Gasteiger partial charge in [0.05, 0.1) is 11.6 Å². The average Bonchev–Trinajstić information content (AvgIpc) is 2.87. The molecule has 0 saturated carbocycles. The fourth-order valence-electron chi connectivity index (χ4n) is 3.81. The van der Waals surface area contributed by atoms with Crippen LogP contribution in [-0.2, 0) is 10.3 Å². The van der Waals surface area contributed by atoms with E-state index in [9.17, 15) is 4.79 Å². The number of ether oxygens (including phenoxy) is 1. The van der Waals surface area contributed by atoms with Crippen LogP contribution < -0.4 is 5.32 Å². The van der Waals surface area contributed by atoms with Gasteiger partial charge in [-0.05, 0) is 52.1 Å². The molecule has 22 heavy (non-hydrogen) atoms. The van der Waals surface area contributed by atoms with Crippen molar-refractivity contribution in [2.75, 3.05) is 13.1 Å². The molecule has 120 valence electrons. The summed E-state index contributed by atoms with van der Waals surface area (Å²) in [5, 5.41) is 3.71. The summed E-state index contributed by atoms with van der Waals surface area (Å²) in [6.07, 6.45) is 2.89. The standard InChI is InChI=1S/C18H26N2O2/c1-17(2,3)22-16(21)20-13-11-18(14-8-5-4-6-9-14)15(20)10-7-12-19-18/h4-6,8-9,15,19H,7,10-13H2,1-3H3. The van der Waals surface area contributed by atoms with Crippen LogP contribution in [0.5, 0.6) is 0 Å². The number of benzene rings is 1. The molecule has 2 heterocycles. The van der Waals surface area contributed by atoms with Crippen molar-refractivity contribution in [1.29, 1.82) is 0 Å². The molecule has 0 radical (unpaired) electrons. The third-order valence-corrected chi connectivity index (χ3v) is 4.70. The molecule has 3 rings (SSSR count). The van der Waals surface area contributed by atoms with Gasteiger partial charge in [-0.2, -0.15) is 0 Å². The zero-order valence-corrected chi connectivity index (χ0v) is 13.8. The highest BCUT2D eigenvalue weighted by atomic mass is 16.6. The molecule has 1 aromatic rings. The topological polar surface area (TPSA) is 41.6 Å². The van der Waals surface area contributed by atoms with Crippen LogP contribution in [0.3, 0.4) is 0 Å². The normalized spacial score (nSPS) is 28.3. The molecule has 4 heteroatoms. The first-order chi connectivity index (χ1) is 10.4. The second-order valence-corrected chi connectivity index (χ2v) is 7.35. The summed E-state index contributed by atoms with van der Waals surface area (Å²) in [6.45, 7) is 7.52. The number of piperidine rings is 1. The Kier molecular flexibility index (Phi) is 3.89. The highest BCUT2D eigenvalue weighted by molar-refractivity contribution is 5.69. The number of likely N-dealkylation sites (tertiary alicyclic amines) is 1. The molecule has 2 aliphatic rings. The minimum absolute atomic E-state index is 0.115. The number of nitrogens with one attached hydrogen (secondary N) is 1. The van der Waals surface area contributed by atoms with Crippen LogP contribution in [0.1, 0.15) is 45.6 Å². The Morgan fingerprint density at radius 2 is 2.05 bits per heavy atom. The number of nitrogens with zero attached hydrogens (tertiary/aromatic N) is 1. The van der Waals surface area contributed by atoms with Crippen LogP contribution in [0.2, 0.25) is 0 Å². The molecule has 1 amide bonds. The van der Waals surface area contributed by atoms with Gasteiger partial charge in [-0.15, -0.1) is 0 Å². The molecule has 2 fully saturated rings. The van der Waals surface area contributed by atoms with E-state index >= 15 is 0 Å². The monoisotopic (exact) mass is 302 g/mol. The lowest BCUT2D eigenvalue weighted by molar-refractivity contribution is 0.0151. The van der Waals surface area contributed by atoms with Gasteiger partial charge < -0.3 is 15.0 Å². The molecule has 2 atom stereocenters. The van der Waals surface area contributed by atoms with Gasteiger partial charge in [0.2, 0.25) is 0 Å². The van der Waals surface area contributed by atoms with Crippen molar-refractivity contribution in [3.05, 3.63) is 35.9 Å². The second kappa shape index (κ2) is 5.58. The van der Waals surface area contributed by atoms with E-state index in [1.54, 1.807) is 0 Å². The minimum atomic E-state index is -0.447. The van der Waals surface area contributed by atoms with Gasteiger partial charge in [-0.1, -0.05) is 30.3 Å². The predicted molar refractivity (Wildman–Crippen MR) is 86.7 cm³/mol. The number of carbonyl (C=O) groups excluding carboxylic acids is 1. The van der Waals surface area contributed by atoms with Gasteiger partial charge in [0.15, 0.2) is 0 Å². The molecule has 2 aliphatic heterocycles. The Morgan fingerprint density at radius 3 is 2.73 bits per heavy atom. The third-order valence-electron chi connectivity index (χ3n) is 4.70. The van der Waals surface area contributed by atoms with Crippen molar-refractivity contribution in [2.24, 2.45) is 0 Å². The van der Waals surface area contributed by atoms with Crippen LogP contribution in [0, 0.1) is 0 Å². The minimum Gasteiger partial charge on any atom is -0.444 e. The lowest BCUT2D eigenvalue weighted by atomic mass is 9.78. The number of rotatable bonds is 1. The highest BCUT2D eigenvalue weighted by Gasteiger charge is 2.51. The number of fused-ring (bicyclic) bond motifs is 1. The van der Waals surface area contributed by atoms with Gasteiger partial charge in [0.1, 0.15) is 5.60 Å².